The molecule has 0 amide bonds. The number of benzene rings is 1. The molecule has 2 N–H and O–H groups in total. The van der Waals surface area contributed by atoms with Crippen molar-refractivity contribution in [2.24, 2.45) is 0 Å². The van der Waals surface area contributed by atoms with Crippen molar-refractivity contribution in [3.8, 4) is 0 Å². The quantitative estimate of drug-likeness (QED) is 0.859. The summed E-state index contributed by atoms with van der Waals surface area (Å²) in [5.41, 5.74) is 5.79. The standard InChI is InChI=1S/C16H19N3/c1-2-4-12-8-15(7-11(12)3-1)18-14-6-5-13-10-17-19-16(13)9-14/h1-4,10,14-15,18H,5-9H2,(H,17,19). The number of rotatable bonds is 2. The molecule has 1 heterocycles. The summed E-state index contributed by atoms with van der Waals surface area (Å²) >= 11 is 0. The molecule has 1 atom stereocenters. The van der Waals surface area contributed by atoms with Crippen LogP contribution in [-0.4, -0.2) is 22.3 Å². The van der Waals surface area contributed by atoms with Crippen LogP contribution in [0.4, 0.5) is 0 Å². The van der Waals surface area contributed by atoms with Gasteiger partial charge >= 0.3 is 0 Å². The van der Waals surface area contributed by atoms with E-state index in [2.05, 4.69) is 39.8 Å². The summed E-state index contributed by atoms with van der Waals surface area (Å²) < 4.78 is 0. The van der Waals surface area contributed by atoms with Gasteiger partial charge in [-0.15, -0.1) is 0 Å². The first-order chi connectivity index (χ1) is 9.38. The van der Waals surface area contributed by atoms with Crippen molar-refractivity contribution in [3.05, 3.63) is 52.8 Å². The maximum Gasteiger partial charge on any atom is 0.0522 e. The molecule has 0 saturated carbocycles. The van der Waals surface area contributed by atoms with E-state index < -0.39 is 0 Å². The Morgan fingerprint density at radius 2 is 1.79 bits per heavy atom. The van der Waals surface area contributed by atoms with E-state index in [1.807, 2.05) is 6.20 Å². The van der Waals surface area contributed by atoms with E-state index in [9.17, 15) is 0 Å². The predicted molar refractivity (Wildman–Crippen MR) is 75.2 cm³/mol. The van der Waals surface area contributed by atoms with E-state index >= 15 is 0 Å². The van der Waals surface area contributed by atoms with Gasteiger partial charge in [-0.25, -0.2) is 0 Å². The van der Waals surface area contributed by atoms with Crippen LogP contribution in [-0.2, 0) is 25.7 Å². The SMILES string of the molecule is c1ccc2c(c1)CC(NC1CCc3cn[nH]c3C1)C2. The summed E-state index contributed by atoms with van der Waals surface area (Å²) in [6, 6.07) is 10.1. The summed E-state index contributed by atoms with van der Waals surface area (Å²) in [4.78, 5) is 0. The normalized spacial score (nSPS) is 22.2. The second-order valence-corrected chi connectivity index (χ2v) is 5.85. The molecule has 0 aliphatic heterocycles. The van der Waals surface area contributed by atoms with Gasteiger partial charge in [-0.05, 0) is 42.4 Å². The highest BCUT2D eigenvalue weighted by Gasteiger charge is 2.26. The summed E-state index contributed by atoms with van der Waals surface area (Å²) in [6.07, 6.45) is 7.84. The lowest BCUT2D eigenvalue weighted by atomic mass is 9.93. The maximum atomic E-state index is 4.15. The van der Waals surface area contributed by atoms with Gasteiger partial charge in [0.25, 0.3) is 0 Å². The number of fused-ring (bicyclic) bond motifs is 2. The number of nitrogens with one attached hydrogen (secondary N) is 2. The molecule has 1 unspecified atom stereocenters. The number of nitrogens with zero attached hydrogens (tertiary/aromatic N) is 1. The fraction of sp³-hybridized carbons (Fsp3) is 0.438. The molecular formula is C16H19N3. The van der Waals surface area contributed by atoms with E-state index in [0.29, 0.717) is 12.1 Å². The van der Waals surface area contributed by atoms with E-state index in [0.717, 1.165) is 12.8 Å². The van der Waals surface area contributed by atoms with Gasteiger partial charge < -0.3 is 5.32 Å². The number of aromatic amines is 1. The first kappa shape index (κ1) is 11.2. The minimum atomic E-state index is 0.604. The molecule has 1 aromatic heterocycles. The third kappa shape index (κ3) is 2.08. The van der Waals surface area contributed by atoms with Crippen molar-refractivity contribution in [2.45, 2.75) is 44.2 Å². The zero-order valence-electron chi connectivity index (χ0n) is 11.0. The van der Waals surface area contributed by atoms with Gasteiger partial charge in [0.05, 0.1) is 6.20 Å². The number of hydrogen-bond donors (Lipinski definition) is 2. The van der Waals surface area contributed by atoms with Crippen molar-refractivity contribution < 1.29 is 0 Å². The molecule has 0 radical (unpaired) electrons. The molecule has 0 saturated heterocycles. The van der Waals surface area contributed by atoms with Gasteiger partial charge in [0, 0.05) is 24.2 Å². The first-order valence-corrected chi connectivity index (χ1v) is 7.22. The second-order valence-electron chi connectivity index (χ2n) is 5.85. The van der Waals surface area contributed by atoms with Crippen molar-refractivity contribution in [2.75, 3.05) is 0 Å². The molecule has 98 valence electrons. The van der Waals surface area contributed by atoms with Gasteiger partial charge in [-0.3, -0.25) is 5.10 Å². The van der Waals surface area contributed by atoms with E-state index in [-0.39, 0.29) is 0 Å². The molecule has 2 aromatic rings. The highest BCUT2D eigenvalue weighted by molar-refractivity contribution is 5.33. The molecule has 0 bridgehead atoms. The van der Waals surface area contributed by atoms with Crippen molar-refractivity contribution in [1.82, 2.24) is 15.5 Å². The van der Waals surface area contributed by atoms with Gasteiger partial charge in [-0.1, -0.05) is 24.3 Å². The molecule has 4 rings (SSSR count). The monoisotopic (exact) mass is 253 g/mol. The molecule has 19 heavy (non-hydrogen) atoms. The Morgan fingerprint density at radius 3 is 2.58 bits per heavy atom. The van der Waals surface area contributed by atoms with Crippen LogP contribution in [0.3, 0.4) is 0 Å². The second kappa shape index (κ2) is 4.49. The van der Waals surface area contributed by atoms with Crippen LogP contribution in [0.5, 0.6) is 0 Å². The fourth-order valence-corrected chi connectivity index (χ4v) is 3.56. The molecule has 2 aliphatic rings. The lowest BCUT2D eigenvalue weighted by Gasteiger charge is -2.26. The minimum absolute atomic E-state index is 0.604. The highest BCUT2D eigenvalue weighted by atomic mass is 15.1. The molecule has 0 spiro atoms. The van der Waals surface area contributed by atoms with Crippen LogP contribution in [0.15, 0.2) is 30.5 Å². The predicted octanol–water partition coefficient (Wildman–Crippen LogP) is 2.02. The van der Waals surface area contributed by atoms with Gasteiger partial charge in [0.15, 0.2) is 0 Å². The van der Waals surface area contributed by atoms with Crippen molar-refractivity contribution in [1.29, 1.82) is 0 Å². The summed E-state index contributed by atoms with van der Waals surface area (Å²) in [6.45, 7) is 0. The van der Waals surface area contributed by atoms with E-state index in [4.69, 9.17) is 0 Å². The van der Waals surface area contributed by atoms with E-state index in [1.54, 1.807) is 0 Å². The summed E-state index contributed by atoms with van der Waals surface area (Å²) in [7, 11) is 0. The van der Waals surface area contributed by atoms with Crippen LogP contribution in [0, 0.1) is 0 Å². The fourth-order valence-electron chi connectivity index (χ4n) is 3.56. The number of hydrogen-bond acceptors (Lipinski definition) is 2. The molecular weight excluding hydrogens is 234 g/mol. The number of aryl methyl sites for hydroxylation is 1. The largest absolute Gasteiger partial charge is 0.310 e. The zero-order valence-corrected chi connectivity index (χ0v) is 11.0. The average molecular weight is 253 g/mol. The average Bonchev–Trinajstić information content (AvgIpc) is 3.03. The molecule has 0 fully saturated rings. The van der Waals surface area contributed by atoms with Crippen LogP contribution in [0.25, 0.3) is 0 Å². The molecule has 3 heteroatoms. The van der Waals surface area contributed by atoms with Gasteiger partial charge in [0.2, 0.25) is 0 Å². The van der Waals surface area contributed by atoms with Crippen LogP contribution in [0.2, 0.25) is 0 Å². The van der Waals surface area contributed by atoms with Crippen LogP contribution in [0.1, 0.15) is 28.8 Å². The Labute approximate surface area is 113 Å². The van der Waals surface area contributed by atoms with Gasteiger partial charge in [-0.2, -0.15) is 5.10 Å². The smallest absolute Gasteiger partial charge is 0.0522 e. The zero-order chi connectivity index (χ0) is 12.7. The summed E-state index contributed by atoms with van der Waals surface area (Å²) in [5, 5.41) is 11.1. The summed E-state index contributed by atoms with van der Waals surface area (Å²) in [5.74, 6) is 0. The molecule has 2 aliphatic carbocycles. The van der Waals surface area contributed by atoms with Gasteiger partial charge in [0.1, 0.15) is 0 Å². The topological polar surface area (TPSA) is 40.7 Å². The van der Waals surface area contributed by atoms with Crippen molar-refractivity contribution >= 4 is 0 Å². The third-order valence-corrected chi connectivity index (χ3v) is 4.54. The Morgan fingerprint density at radius 1 is 1.00 bits per heavy atom. The molecule has 1 aromatic carbocycles. The lowest BCUT2D eigenvalue weighted by Crippen LogP contribution is -2.42. The van der Waals surface area contributed by atoms with Crippen LogP contribution < -0.4 is 5.32 Å². The van der Waals surface area contributed by atoms with E-state index in [1.165, 1.54) is 41.6 Å². The Kier molecular flexibility index (Phi) is 2.66. The number of aromatic nitrogens is 2. The first-order valence-electron chi connectivity index (χ1n) is 7.22. The third-order valence-electron chi connectivity index (χ3n) is 4.54. The highest BCUT2D eigenvalue weighted by Crippen LogP contribution is 2.24. The minimum Gasteiger partial charge on any atom is -0.310 e. The Balaban J connectivity index is 1.42. The Bertz CT molecular complexity index is 562. The van der Waals surface area contributed by atoms with Crippen molar-refractivity contribution in [3.63, 3.8) is 0 Å². The molecule has 3 nitrogen and oxygen atoms in total. The number of H-pyrrole nitrogens is 1. The maximum absolute atomic E-state index is 4.15. The Hall–Kier alpha value is -1.61. The lowest BCUT2D eigenvalue weighted by molar-refractivity contribution is 0.397. The van der Waals surface area contributed by atoms with Crippen LogP contribution >= 0.6 is 0 Å².